The smallest absolute Gasteiger partial charge is 0.0639 e. The van der Waals surface area contributed by atoms with Gasteiger partial charge >= 0.3 is 0 Å². The second-order valence-corrected chi connectivity index (χ2v) is 7.39. The Kier molecular flexibility index (Phi) is 5.47. The molecule has 0 aliphatic carbocycles. The summed E-state index contributed by atoms with van der Waals surface area (Å²) < 4.78 is 1.38. The maximum Gasteiger partial charge on any atom is 0.0639 e. The van der Waals surface area contributed by atoms with Gasteiger partial charge in [-0.3, -0.25) is 0 Å². The molecule has 0 spiro atoms. The monoisotopic (exact) mass is 318 g/mol. The summed E-state index contributed by atoms with van der Waals surface area (Å²) in [5, 5.41) is 16.8. The molecule has 1 aromatic heterocycles. The number of rotatable bonds is 6. The number of nitrogens with zero attached hydrogens (tertiary/aromatic N) is 1. The van der Waals surface area contributed by atoms with Crippen molar-refractivity contribution in [3.8, 4) is 0 Å². The molecule has 2 N–H and O–H groups in total. The van der Waals surface area contributed by atoms with Crippen molar-refractivity contribution in [3.05, 3.63) is 35.2 Å². The summed E-state index contributed by atoms with van der Waals surface area (Å²) >= 11 is 1.84. The van der Waals surface area contributed by atoms with Crippen LogP contribution < -0.4 is 5.32 Å². The molecular formula is C18H26N2OS. The zero-order valence-corrected chi connectivity index (χ0v) is 14.1. The largest absolute Gasteiger partial charge is 0.392 e. The number of aliphatic hydroxyl groups excluding tert-OH is 1. The van der Waals surface area contributed by atoms with Gasteiger partial charge in [0, 0.05) is 17.8 Å². The Balaban J connectivity index is 1.42. The molecule has 0 saturated carbocycles. The average Bonchev–Trinajstić information content (AvgIpc) is 2.92. The summed E-state index contributed by atoms with van der Waals surface area (Å²) in [6.45, 7) is 7.02. The molecule has 1 aliphatic heterocycles. The van der Waals surface area contributed by atoms with Crippen molar-refractivity contribution < 1.29 is 5.11 Å². The van der Waals surface area contributed by atoms with E-state index >= 15 is 0 Å². The molecule has 4 heteroatoms. The molecule has 1 atom stereocenters. The number of piperidine rings is 1. The van der Waals surface area contributed by atoms with Gasteiger partial charge in [-0.2, -0.15) is 0 Å². The van der Waals surface area contributed by atoms with Crippen molar-refractivity contribution >= 4 is 21.4 Å². The lowest BCUT2D eigenvalue weighted by atomic mass is 9.96. The molecule has 3 rings (SSSR count). The molecule has 120 valence electrons. The number of likely N-dealkylation sites (tertiary alicyclic amines) is 1. The normalized spacial score (nSPS) is 18.8. The molecule has 1 saturated heterocycles. The number of aliphatic hydroxyl groups is 1. The van der Waals surface area contributed by atoms with Crippen LogP contribution in [0.2, 0.25) is 0 Å². The fourth-order valence-corrected chi connectivity index (χ4v) is 4.29. The van der Waals surface area contributed by atoms with Crippen LogP contribution in [0.5, 0.6) is 0 Å². The van der Waals surface area contributed by atoms with E-state index in [0.29, 0.717) is 0 Å². The fraction of sp³-hybridized carbons (Fsp3) is 0.556. The number of thiophene rings is 1. The minimum atomic E-state index is -0.207. The second kappa shape index (κ2) is 7.55. The molecule has 0 unspecified atom stereocenters. The Labute approximate surface area is 137 Å². The Bertz CT molecular complexity index is 588. The molecule has 1 aliphatic rings. The minimum absolute atomic E-state index is 0.207. The topological polar surface area (TPSA) is 35.5 Å². The van der Waals surface area contributed by atoms with Crippen molar-refractivity contribution in [2.75, 3.05) is 26.2 Å². The van der Waals surface area contributed by atoms with Crippen LogP contribution >= 0.6 is 11.3 Å². The summed E-state index contributed by atoms with van der Waals surface area (Å²) in [6, 6.07) is 8.65. The van der Waals surface area contributed by atoms with Crippen LogP contribution in [0.15, 0.2) is 29.6 Å². The van der Waals surface area contributed by atoms with E-state index in [1.165, 1.54) is 28.5 Å². The van der Waals surface area contributed by atoms with E-state index < -0.39 is 0 Å². The first-order valence-electron chi connectivity index (χ1n) is 8.28. The Hall–Kier alpha value is -0.940. The van der Waals surface area contributed by atoms with Crippen molar-refractivity contribution in [2.45, 2.75) is 32.4 Å². The van der Waals surface area contributed by atoms with Crippen LogP contribution in [-0.4, -0.2) is 42.3 Å². The molecule has 3 nitrogen and oxygen atoms in total. The van der Waals surface area contributed by atoms with E-state index in [1.54, 1.807) is 0 Å². The van der Waals surface area contributed by atoms with Gasteiger partial charge in [0.25, 0.3) is 0 Å². The van der Waals surface area contributed by atoms with Gasteiger partial charge in [-0.05, 0) is 67.7 Å². The molecule has 1 fully saturated rings. The first-order valence-corrected chi connectivity index (χ1v) is 9.16. The quantitative estimate of drug-likeness (QED) is 0.859. The SMILES string of the molecule is C[C@H](O)CN1CCC(CNCc2csc3ccccc23)CC1. The summed E-state index contributed by atoms with van der Waals surface area (Å²) in [4.78, 5) is 2.38. The average molecular weight is 318 g/mol. The molecule has 0 radical (unpaired) electrons. The van der Waals surface area contributed by atoms with Crippen LogP contribution in [0.3, 0.4) is 0 Å². The number of benzene rings is 1. The number of β-amino-alcohol motifs (C(OH)–C–C–N with tert-alkyl or cyclic N) is 1. The summed E-state index contributed by atoms with van der Waals surface area (Å²) in [7, 11) is 0. The molecular weight excluding hydrogens is 292 g/mol. The van der Waals surface area contributed by atoms with Gasteiger partial charge in [0.15, 0.2) is 0 Å². The predicted octanol–water partition coefficient (Wildman–Crippen LogP) is 3.08. The number of nitrogens with one attached hydrogen (secondary N) is 1. The van der Waals surface area contributed by atoms with Crippen molar-refractivity contribution in [1.82, 2.24) is 10.2 Å². The third kappa shape index (κ3) is 4.07. The predicted molar refractivity (Wildman–Crippen MR) is 94.4 cm³/mol. The van der Waals surface area contributed by atoms with Gasteiger partial charge in [0.05, 0.1) is 6.10 Å². The Morgan fingerprint density at radius 3 is 2.86 bits per heavy atom. The van der Waals surface area contributed by atoms with E-state index in [1.807, 2.05) is 18.3 Å². The third-order valence-electron chi connectivity index (χ3n) is 4.54. The first kappa shape index (κ1) is 15.9. The summed E-state index contributed by atoms with van der Waals surface area (Å²) in [5.41, 5.74) is 1.42. The number of hydrogen-bond acceptors (Lipinski definition) is 4. The van der Waals surface area contributed by atoms with Gasteiger partial charge in [-0.1, -0.05) is 18.2 Å². The lowest BCUT2D eigenvalue weighted by Crippen LogP contribution is -2.40. The van der Waals surface area contributed by atoms with Crippen molar-refractivity contribution in [3.63, 3.8) is 0 Å². The minimum Gasteiger partial charge on any atom is -0.392 e. The molecule has 0 bridgehead atoms. The van der Waals surface area contributed by atoms with Gasteiger partial charge in [0.2, 0.25) is 0 Å². The summed E-state index contributed by atoms with van der Waals surface area (Å²) in [6.07, 6.45) is 2.27. The van der Waals surface area contributed by atoms with Crippen LogP contribution in [-0.2, 0) is 6.54 Å². The number of hydrogen-bond donors (Lipinski definition) is 2. The van der Waals surface area contributed by atoms with Crippen LogP contribution in [0.1, 0.15) is 25.3 Å². The van der Waals surface area contributed by atoms with E-state index in [2.05, 4.69) is 39.9 Å². The van der Waals surface area contributed by atoms with Crippen LogP contribution in [0.4, 0.5) is 0 Å². The molecule has 2 aromatic rings. The highest BCUT2D eigenvalue weighted by Gasteiger charge is 2.19. The first-order chi connectivity index (χ1) is 10.7. The molecule has 22 heavy (non-hydrogen) atoms. The highest BCUT2D eigenvalue weighted by atomic mass is 32.1. The third-order valence-corrected chi connectivity index (χ3v) is 5.55. The molecule has 1 aromatic carbocycles. The van der Waals surface area contributed by atoms with E-state index in [0.717, 1.165) is 38.6 Å². The molecule has 2 heterocycles. The van der Waals surface area contributed by atoms with Crippen LogP contribution in [0.25, 0.3) is 10.1 Å². The highest BCUT2D eigenvalue weighted by molar-refractivity contribution is 7.17. The molecule has 0 amide bonds. The highest BCUT2D eigenvalue weighted by Crippen LogP contribution is 2.25. The van der Waals surface area contributed by atoms with Crippen molar-refractivity contribution in [2.24, 2.45) is 5.92 Å². The Morgan fingerprint density at radius 1 is 1.32 bits per heavy atom. The zero-order valence-electron chi connectivity index (χ0n) is 13.3. The lowest BCUT2D eigenvalue weighted by molar-refractivity contribution is 0.0998. The van der Waals surface area contributed by atoms with Gasteiger partial charge in [-0.15, -0.1) is 11.3 Å². The fourth-order valence-electron chi connectivity index (χ4n) is 3.33. The van der Waals surface area contributed by atoms with E-state index in [-0.39, 0.29) is 6.10 Å². The van der Waals surface area contributed by atoms with E-state index in [9.17, 15) is 5.11 Å². The maximum atomic E-state index is 9.45. The lowest BCUT2D eigenvalue weighted by Gasteiger charge is -2.32. The van der Waals surface area contributed by atoms with Gasteiger partial charge in [0.1, 0.15) is 0 Å². The van der Waals surface area contributed by atoms with Crippen LogP contribution in [0, 0.1) is 5.92 Å². The Morgan fingerprint density at radius 2 is 2.09 bits per heavy atom. The van der Waals surface area contributed by atoms with Gasteiger partial charge < -0.3 is 15.3 Å². The van der Waals surface area contributed by atoms with E-state index in [4.69, 9.17) is 0 Å². The number of fused-ring (bicyclic) bond motifs is 1. The second-order valence-electron chi connectivity index (χ2n) is 6.48. The zero-order chi connectivity index (χ0) is 15.4. The summed E-state index contributed by atoms with van der Waals surface area (Å²) in [5.74, 6) is 0.773. The van der Waals surface area contributed by atoms with Crippen molar-refractivity contribution in [1.29, 1.82) is 0 Å². The maximum absolute atomic E-state index is 9.45. The van der Waals surface area contributed by atoms with Gasteiger partial charge in [-0.25, -0.2) is 0 Å². The standard InChI is InChI=1S/C18H26N2OS/c1-14(21)12-20-8-6-15(7-9-20)10-19-11-16-13-22-18-5-3-2-4-17(16)18/h2-5,13-15,19,21H,6-12H2,1H3/t14-/m0/s1.